The van der Waals surface area contributed by atoms with Crippen molar-refractivity contribution in [2.75, 3.05) is 0 Å². The Morgan fingerprint density at radius 1 is 1.06 bits per heavy atom. The zero-order valence-electron chi connectivity index (χ0n) is 10.5. The van der Waals surface area contributed by atoms with E-state index in [4.69, 9.17) is 0 Å². The van der Waals surface area contributed by atoms with E-state index in [9.17, 15) is 13.2 Å². The smallest absolute Gasteiger partial charge is 0.248 e. The minimum Gasteiger partial charge on any atom is -0.332 e. The van der Waals surface area contributed by atoms with Crippen molar-refractivity contribution in [2.45, 2.75) is 31.0 Å². The summed E-state index contributed by atoms with van der Waals surface area (Å²) < 4.78 is 24.8. The Bertz CT molecular complexity index is 627. The van der Waals surface area contributed by atoms with Crippen LogP contribution in [0.25, 0.3) is 0 Å². The third kappa shape index (κ3) is 1.95. The maximum absolute atomic E-state index is 12.4. The second-order valence-electron chi connectivity index (χ2n) is 4.52. The van der Waals surface area contributed by atoms with Crippen LogP contribution in [0.4, 0.5) is 0 Å². The molecule has 96 valence electrons. The van der Waals surface area contributed by atoms with Crippen LogP contribution in [0.1, 0.15) is 19.4 Å². The normalized spacial score (nSPS) is 20.2. The zero-order valence-corrected chi connectivity index (χ0v) is 11.3. The highest BCUT2D eigenvalue weighted by Gasteiger charge is 2.36. The number of hydrogen-bond acceptors (Lipinski definition) is 3. The molecule has 1 N–H and O–H groups in total. The molecular weight excluding hydrogens is 250 g/mol. The van der Waals surface area contributed by atoms with Crippen LogP contribution in [-0.4, -0.2) is 19.7 Å². The average molecular weight is 265 g/mol. The zero-order chi connectivity index (χ0) is 13.5. The van der Waals surface area contributed by atoms with Crippen molar-refractivity contribution in [1.82, 2.24) is 5.32 Å². The second-order valence-corrected chi connectivity index (χ2v) is 6.55. The Morgan fingerprint density at radius 3 is 2.06 bits per heavy atom. The van der Waals surface area contributed by atoms with Crippen molar-refractivity contribution in [3.63, 3.8) is 0 Å². The summed E-state index contributed by atoms with van der Waals surface area (Å²) in [4.78, 5) is 11.7. The number of amides is 1. The maximum Gasteiger partial charge on any atom is 0.248 e. The predicted molar refractivity (Wildman–Crippen MR) is 68.7 cm³/mol. The molecule has 1 aliphatic heterocycles. The molecule has 4 nitrogen and oxygen atoms in total. The van der Waals surface area contributed by atoms with Gasteiger partial charge in [-0.15, -0.1) is 0 Å². The second kappa shape index (κ2) is 4.24. The first-order chi connectivity index (χ1) is 8.34. The predicted octanol–water partition coefficient (Wildman–Crippen LogP) is 1.56. The van der Waals surface area contributed by atoms with E-state index in [1.54, 1.807) is 38.1 Å². The minimum absolute atomic E-state index is 0.229. The van der Waals surface area contributed by atoms with Gasteiger partial charge in [0.05, 0.1) is 4.90 Å². The molecule has 2 rings (SSSR count). The molecule has 0 spiro atoms. The van der Waals surface area contributed by atoms with Crippen molar-refractivity contribution in [3.8, 4) is 0 Å². The first-order valence-corrected chi connectivity index (χ1v) is 7.17. The Hall–Kier alpha value is -1.62. The van der Waals surface area contributed by atoms with Gasteiger partial charge in [0, 0.05) is 5.57 Å². The molecule has 0 bridgehead atoms. The first-order valence-electron chi connectivity index (χ1n) is 5.63. The van der Waals surface area contributed by atoms with Crippen molar-refractivity contribution < 1.29 is 13.2 Å². The van der Waals surface area contributed by atoms with E-state index in [2.05, 4.69) is 5.32 Å². The molecule has 1 amide bonds. The summed E-state index contributed by atoms with van der Waals surface area (Å²) in [5, 5.41) is 1.57. The molecule has 1 heterocycles. The lowest BCUT2D eigenvalue weighted by atomic mass is 10.2. The van der Waals surface area contributed by atoms with Gasteiger partial charge in [-0.05, 0) is 38.5 Å². The molecule has 1 aromatic carbocycles. The van der Waals surface area contributed by atoms with Gasteiger partial charge in [-0.3, -0.25) is 4.79 Å². The molecule has 18 heavy (non-hydrogen) atoms. The van der Waals surface area contributed by atoms with Gasteiger partial charge in [0.2, 0.25) is 15.7 Å². The highest BCUT2D eigenvalue weighted by Crippen LogP contribution is 2.26. The van der Waals surface area contributed by atoms with Crippen molar-refractivity contribution in [2.24, 2.45) is 0 Å². The number of sulfone groups is 1. The fraction of sp³-hybridized carbons (Fsp3) is 0.308. The third-order valence-electron chi connectivity index (χ3n) is 3.25. The largest absolute Gasteiger partial charge is 0.332 e. The quantitative estimate of drug-likeness (QED) is 0.882. The third-order valence-corrected chi connectivity index (χ3v) is 5.27. The summed E-state index contributed by atoms with van der Waals surface area (Å²) in [5.41, 5.74) is 2.05. The molecule has 0 saturated carbocycles. The molecule has 1 aliphatic rings. The fourth-order valence-corrected chi connectivity index (χ4v) is 3.58. The van der Waals surface area contributed by atoms with Gasteiger partial charge in [-0.2, -0.15) is 0 Å². The summed E-state index contributed by atoms with van der Waals surface area (Å²) >= 11 is 0. The number of rotatable bonds is 2. The lowest BCUT2D eigenvalue weighted by Gasteiger charge is -2.14. The van der Waals surface area contributed by atoms with Crippen LogP contribution in [0.5, 0.6) is 0 Å². The molecular formula is C13H15NO3S. The number of hydrogen-bond donors (Lipinski definition) is 1. The number of benzene rings is 1. The van der Waals surface area contributed by atoms with Crippen LogP contribution < -0.4 is 5.32 Å². The monoisotopic (exact) mass is 265 g/mol. The summed E-state index contributed by atoms with van der Waals surface area (Å²) in [6.07, 6.45) is 0. The van der Waals surface area contributed by atoms with Gasteiger partial charge in [-0.25, -0.2) is 8.42 Å². The van der Waals surface area contributed by atoms with Gasteiger partial charge in [-0.1, -0.05) is 17.7 Å². The van der Waals surface area contributed by atoms with Crippen molar-refractivity contribution >= 4 is 15.7 Å². The summed E-state index contributed by atoms with van der Waals surface area (Å²) in [6, 6.07) is 6.63. The summed E-state index contributed by atoms with van der Waals surface area (Å²) in [5.74, 6) is -0.312. The van der Waals surface area contributed by atoms with Gasteiger partial charge in [0.25, 0.3) is 0 Å². The Balaban J connectivity index is 2.45. The van der Waals surface area contributed by atoms with E-state index in [0.29, 0.717) is 11.1 Å². The van der Waals surface area contributed by atoms with Crippen LogP contribution in [0, 0.1) is 6.92 Å². The van der Waals surface area contributed by atoms with Gasteiger partial charge in [0.1, 0.15) is 0 Å². The van der Waals surface area contributed by atoms with E-state index < -0.39 is 15.2 Å². The summed E-state index contributed by atoms with van der Waals surface area (Å²) in [6.45, 7) is 5.20. The molecule has 0 fully saturated rings. The molecule has 1 atom stereocenters. The average Bonchev–Trinajstić information content (AvgIpc) is 2.58. The van der Waals surface area contributed by atoms with Gasteiger partial charge < -0.3 is 5.32 Å². The van der Waals surface area contributed by atoms with Crippen molar-refractivity contribution in [3.05, 3.63) is 41.0 Å². The summed E-state index contributed by atoms with van der Waals surface area (Å²) in [7, 11) is -3.56. The van der Waals surface area contributed by atoms with Gasteiger partial charge in [0.15, 0.2) is 5.37 Å². The first kappa shape index (κ1) is 12.8. The SMILES string of the molecule is CC1=C(C)C(S(=O)(=O)c2ccc(C)cc2)NC1=O. The minimum atomic E-state index is -3.56. The Labute approximate surface area is 107 Å². The van der Waals surface area contributed by atoms with Crippen molar-refractivity contribution in [1.29, 1.82) is 0 Å². The van der Waals surface area contributed by atoms with Crippen LogP contribution in [0.15, 0.2) is 40.3 Å². The van der Waals surface area contributed by atoms with Crippen LogP contribution >= 0.6 is 0 Å². The Morgan fingerprint density at radius 2 is 1.61 bits per heavy atom. The molecule has 1 unspecified atom stereocenters. The molecule has 0 saturated heterocycles. The number of carbonyl (C=O) groups is 1. The highest BCUT2D eigenvalue weighted by molar-refractivity contribution is 7.92. The maximum atomic E-state index is 12.4. The lowest BCUT2D eigenvalue weighted by Crippen LogP contribution is -2.35. The van der Waals surface area contributed by atoms with Crippen LogP contribution in [0.3, 0.4) is 0 Å². The fourth-order valence-electron chi connectivity index (χ4n) is 1.89. The van der Waals surface area contributed by atoms with E-state index in [1.165, 1.54) is 0 Å². The molecule has 0 aromatic heterocycles. The highest BCUT2D eigenvalue weighted by atomic mass is 32.2. The molecule has 5 heteroatoms. The van der Waals surface area contributed by atoms with E-state index in [0.717, 1.165) is 5.56 Å². The molecule has 0 radical (unpaired) electrons. The van der Waals surface area contributed by atoms with E-state index >= 15 is 0 Å². The van der Waals surface area contributed by atoms with Crippen LogP contribution in [0.2, 0.25) is 0 Å². The lowest BCUT2D eigenvalue weighted by molar-refractivity contribution is -0.116. The standard InChI is InChI=1S/C13H15NO3S/c1-8-4-6-11(7-5-8)18(16,17)13-10(3)9(2)12(15)14-13/h4-7,13H,1-3H3,(H,14,15). The number of carbonyl (C=O) groups excluding carboxylic acids is 1. The Kier molecular flexibility index (Phi) is 3.02. The molecule has 1 aromatic rings. The van der Waals surface area contributed by atoms with E-state index in [-0.39, 0.29) is 10.8 Å². The topological polar surface area (TPSA) is 63.2 Å². The number of aryl methyl sites for hydroxylation is 1. The van der Waals surface area contributed by atoms with E-state index in [1.807, 2.05) is 6.92 Å². The van der Waals surface area contributed by atoms with Crippen LogP contribution in [-0.2, 0) is 14.6 Å². The number of nitrogens with one attached hydrogen (secondary N) is 1. The molecule has 0 aliphatic carbocycles. The van der Waals surface area contributed by atoms with Gasteiger partial charge >= 0.3 is 0 Å².